The smallest absolute Gasteiger partial charge is 0.311 e. The van der Waals surface area contributed by atoms with Crippen molar-refractivity contribution >= 4 is 5.69 Å². The van der Waals surface area contributed by atoms with E-state index in [1.165, 1.54) is 0 Å². The summed E-state index contributed by atoms with van der Waals surface area (Å²) in [6.45, 7) is 19.3. The molecule has 1 atom stereocenters. The molecule has 2 aromatic rings. The number of para-hydroxylation sites is 1. The Morgan fingerprint density at radius 1 is 0.875 bits per heavy atom. The van der Waals surface area contributed by atoms with E-state index < -0.39 is 11.2 Å². The van der Waals surface area contributed by atoms with Gasteiger partial charge in [-0.3, -0.25) is 4.85 Å². The molecule has 0 bridgehead atoms. The maximum absolute atomic E-state index is 7.97. The molecule has 24 heavy (non-hydrogen) atoms. The lowest BCUT2D eigenvalue weighted by Gasteiger charge is -2.34. The molecule has 0 aromatic heterocycles. The number of rotatable bonds is 6. The summed E-state index contributed by atoms with van der Waals surface area (Å²) in [6, 6.07) is 20.0. The third-order valence-corrected chi connectivity index (χ3v) is 4.32. The molecule has 0 aliphatic carbocycles. The molecular weight excluding hydrogens is 294 g/mol. The number of benzene rings is 2. The second kappa shape index (κ2) is 7.20. The number of nitrogens with zero attached hydrogens (tertiary/aromatic N) is 3. The summed E-state index contributed by atoms with van der Waals surface area (Å²) in [5.74, 6) is 0. The second-order valence-electron chi connectivity index (χ2n) is 6.75. The lowest BCUT2D eigenvalue weighted by Crippen LogP contribution is -2.49. The van der Waals surface area contributed by atoms with Gasteiger partial charge in [0.1, 0.15) is 6.42 Å². The van der Waals surface area contributed by atoms with Crippen molar-refractivity contribution in [2.24, 2.45) is 0 Å². The highest BCUT2D eigenvalue weighted by molar-refractivity contribution is 5.50. The van der Waals surface area contributed by atoms with Crippen LogP contribution in [0.15, 0.2) is 60.7 Å². The SMILES string of the molecule is [C-]#[N+]C(C)(C)CC(Cc1ccccc1)([N+]#[C-])N(C)c1ccccc1. The van der Waals surface area contributed by atoms with Crippen LogP contribution in [-0.4, -0.2) is 18.2 Å². The minimum Gasteiger partial charge on any atom is -0.311 e. The van der Waals surface area contributed by atoms with Gasteiger partial charge in [-0.2, -0.15) is 0 Å². The molecule has 1 unspecified atom stereocenters. The van der Waals surface area contributed by atoms with Gasteiger partial charge in [-0.05, 0) is 17.7 Å². The van der Waals surface area contributed by atoms with Crippen molar-refractivity contribution in [2.75, 3.05) is 11.9 Å². The molecule has 0 radical (unpaired) electrons. The van der Waals surface area contributed by atoms with E-state index in [0.29, 0.717) is 12.8 Å². The molecule has 0 N–H and O–H groups in total. The average Bonchev–Trinajstić information content (AvgIpc) is 2.62. The highest BCUT2D eigenvalue weighted by atomic mass is 15.3. The molecule has 3 nitrogen and oxygen atoms in total. The molecule has 2 rings (SSSR count). The Morgan fingerprint density at radius 2 is 1.42 bits per heavy atom. The van der Waals surface area contributed by atoms with Crippen LogP contribution in [0, 0.1) is 13.1 Å². The minimum absolute atomic E-state index is 0.479. The first-order valence-corrected chi connectivity index (χ1v) is 8.02. The monoisotopic (exact) mass is 317 g/mol. The summed E-state index contributed by atoms with van der Waals surface area (Å²) in [6.07, 6.45) is 1.06. The van der Waals surface area contributed by atoms with Crippen molar-refractivity contribution < 1.29 is 0 Å². The fraction of sp³-hybridized carbons (Fsp3) is 0.333. The number of hydrogen-bond donors (Lipinski definition) is 0. The van der Waals surface area contributed by atoms with Crippen LogP contribution in [-0.2, 0) is 6.42 Å². The summed E-state index contributed by atoms with van der Waals surface area (Å²) in [7, 11) is 1.95. The van der Waals surface area contributed by atoms with E-state index in [9.17, 15) is 0 Å². The highest BCUT2D eigenvalue weighted by Crippen LogP contribution is 2.35. The topological polar surface area (TPSA) is 12.0 Å². The van der Waals surface area contributed by atoms with Gasteiger partial charge in [0.2, 0.25) is 5.54 Å². The molecule has 0 spiro atoms. The van der Waals surface area contributed by atoms with E-state index in [-0.39, 0.29) is 0 Å². The third kappa shape index (κ3) is 3.94. The van der Waals surface area contributed by atoms with E-state index in [4.69, 9.17) is 13.1 Å². The summed E-state index contributed by atoms with van der Waals surface area (Å²) in [5.41, 5.74) is 0.710. The Hall–Kier alpha value is -2.78. The van der Waals surface area contributed by atoms with Gasteiger partial charge in [-0.1, -0.05) is 48.5 Å². The fourth-order valence-electron chi connectivity index (χ4n) is 3.00. The summed E-state index contributed by atoms with van der Waals surface area (Å²) in [5, 5.41) is 0. The lowest BCUT2D eigenvalue weighted by molar-refractivity contribution is 0.378. The molecule has 122 valence electrons. The zero-order valence-electron chi connectivity index (χ0n) is 14.5. The van der Waals surface area contributed by atoms with Gasteiger partial charge < -0.3 is 9.74 Å². The van der Waals surface area contributed by atoms with Gasteiger partial charge in [0, 0.05) is 26.6 Å². The summed E-state index contributed by atoms with van der Waals surface area (Å²) < 4.78 is 0. The lowest BCUT2D eigenvalue weighted by atomic mass is 9.85. The molecule has 2 aromatic carbocycles. The first kappa shape index (κ1) is 17.6. The highest BCUT2D eigenvalue weighted by Gasteiger charge is 2.49. The largest absolute Gasteiger partial charge is 0.319 e. The molecule has 0 saturated heterocycles. The van der Waals surface area contributed by atoms with E-state index >= 15 is 0 Å². The molecular formula is C21H23N3. The average molecular weight is 317 g/mol. The second-order valence-corrected chi connectivity index (χ2v) is 6.75. The summed E-state index contributed by atoms with van der Waals surface area (Å²) in [4.78, 5) is 9.84. The van der Waals surface area contributed by atoms with Crippen molar-refractivity contribution in [2.45, 2.75) is 37.9 Å². The molecule has 3 heteroatoms. The quantitative estimate of drug-likeness (QED) is 0.677. The van der Waals surface area contributed by atoms with E-state index in [0.717, 1.165) is 11.3 Å². The molecule has 0 saturated carbocycles. The van der Waals surface area contributed by atoms with Crippen LogP contribution in [0.1, 0.15) is 25.8 Å². The van der Waals surface area contributed by atoms with Gasteiger partial charge >= 0.3 is 5.66 Å². The first-order valence-electron chi connectivity index (χ1n) is 8.02. The zero-order chi connectivity index (χ0) is 17.6. The van der Waals surface area contributed by atoms with E-state index in [2.05, 4.69) is 9.69 Å². The van der Waals surface area contributed by atoms with Crippen molar-refractivity contribution in [1.82, 2.24) is 0 Å². The van der Waals surface area contributed by atoms with Crippen molar-refractivity contribution in [3.8, 4) is 0 Å². The van der Waals surface area contributed by atoms with Gasteiger partial charge in [0.25, 0.3) is 0 Å². The Balaban J connectivity index is 2.47. The van der Waals surface area contributed by atoms with Crippen molar-refractivity contribution in [1.29, 1.82) is 0 Å². The molecule has 0 heterocycles. The van der Waals surface area contributed by atoms with Gasteiger partial charge in [0.15, 0.2) is 0 Å². The number of likely N-dealkylation sites (N-methyl/N-ethyl adjacent to an activating group) is 1. The van der Waals surface area contributed by atoms with Crippen LogP contribution in [0.3, 0.4) is 0 Å². The van der Waals surface area contributed by atoms with E-state index in [1.54, 1.807) is 0 Å². The molecule has 0 aliphatic rings. The Labute approximate surface area is 145 Å². The minimum atomic E-state index is -0.795. The molecule has 0 amide bonds. The van der Waals surface area contributed by atoms with Crippen LogP contribution in [0.5, 0.6) is 0 Å². The van der Waals surface area contributed by atoms with Crippen LogP contribution in [0.4, 0.5) is 5.69 Å². The number of anilines is 1. The van der Waals surface area contributed by atoms with Crippen LogP contribution in [0.25, 0.3) is 9.69 Å². The summed E-state index contributed by atoms with van der Waals surface area (Å²) >= 11 is 0. The van der Waals surface area contributed by atoms with Gasteiger partial charge in [-0.15, -0.1) is 0 Å². The van der Waals surface area contributed by atoms with Gasteiger partial charge in [0.05, 0.1) is 6.42 Å². The maximum atomic E-state index is 7.97. The van der Waals surface area contributed by atoms with Crippen molar-refractivity contribution in [3.63, 3.8) is 0 Å². The standard InChI is InChI=1S/C21H23N3/c1-20(2,22-3)17-21(23-4,16-18-12-8-6-9-13-18)24(5)19-14-10-7-11-15-19/h6-15H,16-17H2,1-2,5H3. The zero-order valence-corrected chi connectivity index (χ0v) is 14.5. The van der Waals surface area contributed by atoms with Crippen LogP contribution in [0.2, 0.25) is 0 Å². The fourth-order valence-corrected chi connectivity index (χ4v) is 3.00. The van der Waals surface area contributed by atoms with Crippen LogP contribution < -0.4 is 4.90 Å². The molecule has 0 fully saturated rings. The predicted molar refractivity (Wildman–Crippen MR) is 99.6 cm³/mol. The Morgan fingerprint density at radius 3 is 1.92 bits per heavy atom. The predicted octanol–water partition coefficient (Wildman–Crippen LogP) is 5.07. The maximum Gasteiger partial charge on any atom is 0.319 e. The first-order chi connectivity index (χ1) is 11.4. The Bertz CT molecular complexity index is 738. The normalized spacial score (nSPS) is 13.4. The van der Waals surface area contributed by atoms with Gasteiger partial charge in [-0.25, -0.2) is 13.1 Å². The third-order valence-electron chi connectivity index (χ3n) is 4.32. The van der Waals surface area contributed by atoms with Crippen LogP contribution >= 0.6 is 0 Å². The van der Waals surface area contributed by atoms with Crippen molar-refractivity contribution in [3.05, 3.63) is 89.1 Å². The molecule has 0 aliphatic heterocycles. The number of hydrogen-bond acceptors (Lipinski definition) is 1. The van der Waals surface area contributed by atoms with E-state index in [1.807, 2.05) is 86.5 Å². The Kier molecular flexibility index (Phi) is 5.27.